The van der Waals surface area contributed by atoms with Crippen molar-refractivity contribution < 1.29 is 5.11 Å². The number of rotatable bonds is 4. The zero-order valence-electron chi connectivity index (χ0n) is 11.9. The molecule has 5 heteroatoms. The third kappa shape index (κ3) is 4.09. The number of piperidine rings is 1. The average Bonchev–Trinajstić information content (AvgIpc) is 2.42. The molecular weight excluding hydrogens is 295 g/mol. The van der Waals surface area contributed by atoms with Gasteiger partial charge in [-0.1, -0.05) is 23.2 Å². The molecule has 1 aromatic carbocycles. The molecule has 1 aliphatic rings. The molecule has 0 bridgehead atoms. The predicted molar refractivity (Wildman–Crippen MR) is 84.5 cm³/mol. The summed E-state index contributed by atoms with van der Waals surface area (Å²) in [7, 11) is 2.15. The minimum atomic E-state index is -0.629. The van der Waals surface area contributed by atoms with Gasteiger partial charge in [-0.2, -0.15) is 0 Å². The van der Waals surface area contributed by atoms with Crippen molar-refractivity contribution in [3.63, 3.8) is 0 Å². The number of hydrogen-bond acceptors (Lipinski definition) is 3. The van der Waals surface area contributed by atoms with Crippen LogP contribution in [0.5, 0.6) is 0 Å². The van der Waals surface area contributed by atoms with Gasteiger partial charge in [0, 0.05) is 34.2 Å². The highest BCUT2D eigenvalue weighted by molar-refractivity contribution is 6.33. The highest BCUT2D eigenvalue weighted by atomic mass is 35.5. The van der Waals surface area contributed by atoms with E-state index in [1.165, 1.54) is 0 Å². The molecule has 112 valence electrons. The molecule has 1 saturated heterocycles. The fourth-order valence-corrected chi connectivity index (χ4v) is 3.06. The van der Waals surface area contributed by atoms with Crippen molar-refractivity contribution >= 4 is 23.2 Å². The van der Waals surface area contributed by atoms with Crippen LogP contribution >= 0.6 is 23.2 Å². The molecule has 3 atom stereocenters. The van der Waals surface area contributed by atoms with Crippen molar-refractivity contribution in [3.05, 3.63) is 33.8 Å². The fourth-order valence-electron chi connectivity index (χ4n) is 2.63. The average molecular weight is 317 g/mol. The van der Waals surface area contributed by atoms with Crippen molar-refractivity contribution in [2.24, 2.45) is 0 Å². The van der Waals surface area contributed by atoms with Crippen LogP contribution in [0.25, 0.3) is 0 Å². The maximum Gasteiger partial charge on any atom is 0.0929 e. The molecule has 1 fully saturated rings. The maximum atomic E-state index is 10.3. The van der Waals surface area contributed by atoms with E-state index in [1.54, 1.807) is 18.2 Å². The lowest BCUT2D eigenvalue weighted by molar-refractivity contribution is 0.139. The van der Waals surface area contributed by atoms with E-state index in [-0.39, 0.29) is 0 Å². The zero-order valence-corrected chi connectivity index (χ0v) is 13.5. The first-order valence-corrected chi connectivity index (χ1v) is 7.79. The normalized spacial score (nSPS) is 25.6. The van der Waals surface area contributed by atoms with Gasteiger partial charge < -0.3 is 15.3 Å². The van der Waals surface area contributed by atoms with E-state index in [9.17, 15) is 5.11 Å². The molecule has 2 rings (SSSR count). The second-order valence-corrected chi connectivity index (χ2v) is 6.48. The third-order valence-electron chi connectivity index (χ3n) is 4.13. The number of aliphatic hydroxyl groups excluding tert-OH is 1. The molecule has 0 radical (unpaired) electrons. The van der Waals surface area contributed by atoms with Crippen LogP contribution in [-0.4, -0.2) is 42.2 Å². The lowest BCUT2D eigenvalue weighted by Gasteiger charge is -2.35. The van der Waals surface area contributed by atoms with Crippen molar-refractivity contribution in [2.75, 3.05) is 20.1 Å². The summed E-state index contributed by atoms with van der Waals surface area (Å²) in [5.41, 5.74) is 0.688. The Morgan fingerprint density at radius 2 is 2.20 bits per heavy atom. The summed E-state index contributed by atoms with van der Waals surface area (Å²) >= 11 is 12.1. The van der Waals surface area contributed by atoms with Crippen LogP contribution in [0, 0.1) is 0 Å². The second-order valence-electron chi connectivity index (χ2n) is 5.64. The van der Waals surface area contributed by atoms with Crippen molar-refractivity contribution in [1.82, 2.24) is 10.2 Å². The van der Waals surface area contributed by atoms with Gasteiger partial charge >= 0.3 is 0 Å². The standard InChI is InChI=1S/C15H22Cl2N2O/c1-10-7-12(5-6-19(10)2)18-9-15(20)13-8-11(16)3-4-14(13)17/h3-4,8,10,12,15,18,20H,5-7,9H2,1-2H3. The SMILES string of the molecule is CC1CC(NCC(O)c2cc(Cl)ccc2Cl)CCN1C. The van der Waals surface area contributed by atoms with E-state index in [4.69, 9.17) is 23.2 Å². The zero-order chi connectivity index (χ0) is 14.7. The Morgan fingerprint density at radius 3 is 2.90 bits per heavy atom. The summed E-state index contributed by atoms with van der Waals surface area (Å²) in [6.45, 7) is 3.83. The first-order valence-electron chi connectivity index (χ1n) is 7.04. The second kappa shape index (κ2) is 7.10. The lowest BCUT2D eigenvalue weighted by Crippen LogP contribution is -2.46. The molecule has 0 aromatic heterocycles. The number of halogens is 2. The maximum absolute atomic E-state index is 10.3. The monoisotopic (exact) mass is 316 g/mol. The fraction of sp³-hybridized carbons (Fsp3) is 0.600. The van der Waals surface area contributed by atoms with E-state index in [2.05, 4.69) is 24.2 Å². The van der Waals surface area contributed by atoms with Gasteiger partial charge in [-0.3, -0.25) is 0 Å². The minimum absolute atomic E-state index is 0.453. The molecule has 20 heavy (non-hydrogen) atoms. The Morgan fingerprint density at radius 1 is 1.45 bits per heavy atom. The topological polar surface area (TPSA) is 35.5 Å². The molecule has 3 nitrogen and oxygen atoms in total. The van der Waals surface area contributed by atoms with Gasteiger partial charge in [-0.15, -0.1) is 0 Å². The molecule has 3 unspecified atom stereocenters. The minimum Gasteiger partial charge on any atom is -0.387 e. The summed E-state index contributed by atoms with van der Waals surface area (Å²) < 4.78 is 0. The van der Waals surface area contributed by atoms with Gasteiger partial charge in [0.05, 0.1) is 6.10 Å². The Balaban J connectivity index is 1.89. The van der Waals surface area contributed by atoms with E-state index in [0.29, 0.717) is 34.2 Å². The van der Waals surface area contributed by atoms with Crippen LogP contribution in [0.3, 0.4) is 0 Å². The number of nitrogens with zero attached hydrogens (tertiary/aromatic N) is 1. The van der Waals surface area contributed by atoms with Crippen LogP contribution < -0.4 is 5.32 Å². The number of benzene rings is 1. The molecule has 0 saturated carbocycles. The highest BCUT2D eigenvalue weighted by Crippen LogP contribution is 2.26. The molecular formula is C15H22Cl2N2O. The highest BCUT2D eigenvalue weighted by Gasteiger charge is 2.23. The van der Waals surface area contributed by atoms with E-state index in [1.807, 2.05) is 0 Å². The van der Waals surface area contributed by atoms with Gasteiger partial charge in [0.15, 0.2) is 0 Å². The molecule has 1 aromatic rings. The van der Waals surface area contributed by atoms with Crippen LogP contribution in [0.15, 0.2) is 18.2 Å². The summed E-state index contributed by atoms with van der Waals surface area (Å²) in [6.07, 6.45) is 1.58. The van der Waals surface area contributed by atoms with Gasteiger partial charge in [-0.25, -0.2) is 0 Å². The third-order valence-corrected chi connectivity index (χ3v) is 4.70. The van der Waals surface area contributed by atoms with E-state index < -0.39 is 6.10 Å². The smallest absolute Gasteiger partial charge is 0.0929 e. The first-order chi connectivity index (χ1) is 9.47. The number of nitrogens with one attached hydrogen (secondary N) is 1. The van der Waals surface area contributed by atoms with E-state index in [0.717, 1.165) is 19.4 Å². The molecule has 1 heterocycles. The molecule has 2 N–H and O–H groups in total. The largest absolute Gasteiger partial charge is 0.387 e. The first kappa shape index (κ1) is 16.1. The molecule has 0 amide bonds. The molecule has 0 spiro atoms. The van der Waals surface area contributed by atoms with Gasteiger partial charge in [0.2, 0.25) is 0 Å². The summed E-state index contributed by atoms with van der Waals surface area (Å²) in [4.78, 5) is 2.36. The van der Waals surface area contributed by atoms with Crippen molar-refractivity contribution in [1.29, 1.82) is 0 Å². The lowest BCUT2D eigenvalue weighted by atomic mass is 9.98. The van der Waals surface area contributed by atoms with Gasteiger partial charge in [-0.05, 0) is 51.6 Å². The summed E-state index contributed by atoms with van der Waals surface area (Å²) in [5, 5.41) is 14.8. The quantitative estimate of drug-likeness (QED) is 0.896. The van der Waals surface area contributed by atoms with Gasteiger partial charge in [0.1, 0.15) is 0 Å². The number of likely N-dealkylation sites (tertiary alicyclic amines) is 1. The Hall–Kier alpha value is -0.320. The van der Waals surface area contributed by atoms with Crippen LogP contribution in [0.2, 0.25) is 10.0 Å². The van der Waals surface area contributed by atoms with E-state index >= 15 is 0 Å². The predicted octanol–water partition coefficient (Wildman–Crippen LogP) is 3.10. The van der Waals surface area contributed by atoms with Gasteiger partial charge in [0.25, 0.3) is 0 Å². The summed E-state index contributed by atoms with van der Waals surface area (Å²) in [5.74, 6) is 0. The Labute approximate surface area is 130 Å². The van der Waals surface area contributed by atoms with Crippen LogP contribution in [0.4, 0.5) is 0 Å². The molecule has 1 aliphatic heterocycles. The number of aliphatic hydroxyl groups is 1. The van der Waals surface area contributed by atoms with Crippen LogP contribution in [-0.2, 0) is 0 Å². The van der Waals surface area contributed by atoms with Crippen molar-refractivity contribution in [3.8, 4) is 0 Å². The number of hydrogen-bond donors (Lipinski definition) is 2. The molecule has 0 aliphatic carbocycles. The Kier molecular flexibility index (Phi) is 5.70. The summed E-state index contributed by atoms with van der Waals surface area (Å²) in [6, 6.07) is 6.21. The Bertz CT molecular complexity index is 455. The van der Waals surface area contributed by atoms with Crippen molar-refractivity contribution in [2.45, 2.75) is 38.0 Å². The van der Waals surface area contributed by atoms with Crippen LogP contribution in [0.1, 0.15) is 31.4 Å².